The van der Waals surface area contributed by atoms with Gasteiger partial charge < -0.3 is 0 Å². The average molecular weight is 328 g/mol. The van der Waals surface area contributed by atoms with Crippen molar-refractivity contribution in [1.82, 2.24) is 0 Å². The zero-order valence-corrected chi connectivity index (χ0v) is 15.8. The Bertz CT molecular complexity index is 810. The maximum Gasteiger partial charge on any atom is -0.0227 e. The minimum absolute atomic E-state index is 1.15. The third kappa shape index (κ3) is 6.08. The molecule has 0 unspecified atom stereocenters. The summed E-state index contributed by atoms with van der Waals surface area (Å²) in [4.78, 5) is 0. The first-order valence-electron chi connectivity index (χ1n) is 8.95. The molecule has 25 heavy (non-hydrogen) atoms. The van der Waals surface area contributed by atoms with E-state index in [9.17, 15) is 0 Å². The van der Waals surface area contributed by atoms with Crippen LogP contribution in [0.3, 0.4) is 0 Å². The number of hydrogen-bond donors (Lipinski definition) is 0. The molecule has 0 aliphatic carbocycles. The van der Waals surface area contributed by atoms with Crippen molar-refractivity contribution in [1.29, 1.82) is 0 Å². The lowest BCUT2D eigenvalue weighted by molar-refractivity contribution is 1.11. The van der Waals surface area contributed by atoms with E-state index >= 15 is 0 Å². The molecule has 0 aliphatic rings. The van der Waals surface area contributed by atoms with Crippen molar-refractivity contribution in [3.05, 3.63) is 106 Å². The van der Waals surface area contributed by atoms with Gasteiger partial charge in [0.25, 0.3) is 0 Å². The normalized spacial score (nSPS) is 10.4. The fourth-order valence-corrected chi connectivity index (χ4v) is 2.77. The van der Waals surface area contributed by atoms with Crippen molar-refractivity contribution >= 4 is 12.2 Å². The van der Waals surface area contributed by atoms with E-state index in [4.69, 9.17) is 0 Å². The van der Waals surface area contributed by atoms with Gasteiger partial charge in [-0.15, -0.1) is 0 Å². The van der Waals surface area contributed by atoms with Crippen molar-refractivity contribution in [3.8, 4) is 0 Å². The van der Waals surface area contributed by atoms with Crippen LogP contribution in [0.5, 0.6) is 0 Å². The fraction of sp³-hybridized carbons (Fsp3) is 0.200. The van der Waals surface area contributed by atoms with Gasteiger partial charge in [-0.05, 0) is 55.0 Å². The van der Waals surface area contributed by atoms with Crippen LogP contribution in [0.25, 0.3) is 12.2 Å². The van der Waals surface area contributed by atoms with Gasteiger partial charge in [0.05, 0.1) is 0 Å². The highest BCUT2D eigenvalue weighted by atomic mass is 14.0. The third-order valence-corrected chi connectivity index (χ3v) is 4.32. The lowest BCUT2D eigenvalue weighted by atomic mass is 10.0. The standard InChI is InChI=1S/C16H16.C9H12/c1-13-8-10-16(14(2)12-13)11-9-15-6-4-3-5-7-15;1-3-9-7-5-4-6-8(9)2/h3-12H,1-2H3;4-7H,3H2,1-2H3/b11-9+;. The Labute approximate surface area is 152 Å². The van der Waals surface area contributed by atoms with E-state index in [0.29, 0.717) is 0 Å². The van der Waals surface area contributed by atoms with Crippen LogP contribution in [0.4, 0.5) is 0 Å². The molecule has 3 aromatic carbocycles. The molecule has 0 spiro atoms. The second kappa shape index (κ2) is 9.64. The van der Waals surface area contributed by atoms with Gasteiger partial charge in [-0.1, -0.05) is 97.4 Å². The molecule has 0 radical (unpaired) electrons. The highest BCUT2D eigenvalue weighted by Gasteiger charge is 1.94. The summed E-state index contributed by atoms with van der Waals surface area (Å²) in [5.41, 5.74) is 8.02. The topological polar surface area (TPSA) is 0 Å². The van der Waals surface area contributed by atoms with Crippen molar-refractivity contribution in [3.63, 3.8) is 0 Å². The highest BCUT2D eigenvalue weighted by molar-refractivity contribution is 5.71. The zero-order chi connectivity index (χ0) is 18.1. The number of hydrogen-bond acceptors (Lipinski definition) is 0. The van der Waals surface area contributed by atoms with Crippen LogP contribution >= 0.6 is 0 Å². The SMILES string of the molecule is CCc1ccccc1C.Cc1ccc(/C=C/c2ccccc2)c(C)c1. The molecule has 128 valence electrons. The summed E-state index contributed by atoms with van der Waals surface area (Å²) in [5.74, 6) is 0. The summed E-state index contributed by atoms with van der Waals surface area (Å²) in [7, 11) is 0. The molecular weight excluding hydrogens is 300 g/mol. The minimum atomic E-state index is 1.15. The van der Waals surface area contributed by atoms with E-state index < -0.39 is 0 Å². The molecule has 0 aliphatic heterocycles. The van der Waals surface area contributed by atoms with Crippen LogP contribution in [0, 0.1) is 20.8 Å². The lowest BCUT2D eigenvalue weighted by Gasteiger charge is -2.01. The summed E-state index contributed by atoms with van der Waals surface area (Å²) >= 11 is 0. The number of aryl methyl sites for hydroxylation is 4. The van der Waals surface area contributed by atoms with E-state index in [2.05, 4.69) is 107 Å². The summed E-state index contributed by atoms with van der Waals surface area (Å²) in [6, 6.07) is 25.4. The first-order chi connectivity index (χ1) is 12.1. The molecule has 0 saturated carbocycles. The van der Waals surface area contributed by atoms with Gasteiger partial charge in [0.15, 0.2) is 0 Å². The van der Waals surface area contributed by atoms with Gasteiger partial charge in [-0.2, -0.15) is 0 Å². The number of benzene rings is 3. The van der Waals surface area contributed by atoms with Crippen molar-refractivity contribution in [2.24, 2.45) is 0 Å². The number of rotatable bonds is 3. The second-order valence-corrected chi connectivity index (χ2v) is 6.38. The predicted molar refractivity (Wildman–Crippen MR) is 112 cm³/mol. The highest BCUT2D eigenvalue weighted by Crippen LogP contribution is 2.14. The van der Waals surface area contributed by atoms with Gasteiger partial charge >= 0.3 is 0 Å². The maximum atomic E-state index is 2.21. The van der Waals surface area contributed by atoms with Gasteiger partial charge in [0.2, 0.25) is 0 Å². The average Bonchev–Trinajstić information content (AvgIpc) is 2.63. The minimum Gasteiger partial charge on any atom is -0.0622 e. The van der Waals surface area contributed by atoms with E-state index in [1.807, 2.05) is 6.07 Å². The van der Waals surface area contributed by atoms with Crippen LogP contribution < -0.4 is 0 Å². The molecule has 0 nitrogen and oxygen atoms in total. The van der Waals surface area contributed by atoms with Crippen LogP contribution in [0.15, 0.2) is 72.8 Å². The third-order valence-electron chi connectivity index (χ3n) is 4.32. The van der Waals surface area contributed by atoms with E-state index in [1.165, 1.54) is 33.4 Å². The Balaban J connectivity index is 0.000000212. The van der Waals surface area contributed by atoms with E-state index in [0.717, 1.165) is 6.42 Å². The molecule has 3 aromatic rings. The van der Waals surface area contributed by atoms with E-state index in [-0.39, 0.29) is 0 Å². The second-order valence-electron chi connectivity index (χ2n) is 6.38. The van der Waals surface area contributed by atoms with Crippen LogP contribution in [0.1, 0.15) is 40.3 Å². The van der Waals surface area contributed by atoms with Crippen molar-refractivity contribution < 1.29 is 0 Å². The Morgan fingerprint density at radius 1 is 0.680 bits per heavy atom. The smallest absolute Gasteiger partial charge is 0.0227 e. The Kier molecular flexibility index (Phi) is 7.22. The van der Waals surface area contributed by atoms with Gasteiger partial charge in [0.1, 0.15) is 0 Å². The molecule has 0 saturated heterocycles. The van der Waals surface area contributed by atoms with Crippen molar-refractivity contribution in [2.45, 2.75) is 34.1 Å². The summed E-state index contributed by atoms with van der Waals surface area (Å²) in [5, 5.41) is 0. The lowest BCUT2D eigenvalue weighted by Crippen LogP contribution is -1.82. The summed E-state index contributed by atoms with van der Waals surface area (Å²) < 4.78 is 0. The Morgan fingerprint density at radius 2 is 1.36 bits per heavy atom. The molecule has 0 fully saturated rings. The van der Waals surface area contributed by atoms with E-state index in [1.54, 1.807) is 0 Å². The Hall–Kier alpha value is -2.60. The first-order valence-corrected chi connectivity index (χ1v) is 8.95. The van der Waals surface area contributed by atoms with Gasteiger partial charge in [-0.3, -0.25) is 0 Å². The monoisotopic (exact) mass is 328 g/mol. The molecule has 0 amide bonds. The molecular formula is C25H28. The summed E-state index contributed by atoms with van der Waals surface area (Å²) in [6.45, 7) is 8.61. The maximum absolute atomic E-state index is 2.21. The zero-order valence-electron chi connectivity index (χ0n) is 15.8. The van der Waals surface area contributed by atoms with Gasteiger partial charge in [0, 0.05) is 0 Å². The molecule has 0 atom stereocenters. The van der Waals surface area contributed by atoms with Crippen molar-refractivity contribution in [2.75, 3.05) is 0 Å². The van der Waals surface area contributed by atoms with Crippen LogP contribution in [-0.4, -0.2) is 0 Å². The quantitative estimate of drug-likeness (QED) is 0.453. The molecule has 0 N–H and O–H groups in total. The fourth-order valence-electron chi connectivity index (χ4n) is 2.77. The summed E-state index contributed by atoms with van der Waals surface area (Å²) in [6.07, 6.45) is 5.47. The van der Waals surface area contributed by atoms with Crippen LogP contribution in [-0.2, 0) is 6.42 Å². The predicted octanol–water partition coefficient (Wildman–Crippen LogP) is 7.03. The van der Waals surface area contributed by atoms with Gasteiger partial charge in [-0.25, -0.2) is 0 Å². The molecule has 0 heteroatoms. The first kappa shape index (κ1) is 18.7. The molecule has 0 bridgehead atoms. The molecule has 0 aromatic heterocycles. The molecule has 3 rings (SSSR count). The Morgan fingerprint density at radius 3 is 1.96 bits per heavy atom. The molecule has 0 heterocycles. The van der Waals surface area contributed by atoms with Crippen LogP contribution in [0.2, 0.25) is 0 Å². The largest absolute Gasteiger partial charge is 0.0622 e.